The Kier molecular flexibility index (Phi) is 4.52. The third kappa shape index (κ3) is 3.92. The largest absolute Gasteiger partial charge is 0.416 e. The van der Waals surface area contributed by atoms with Crippen molar-refractivity contribution < 1.29 is 26.3 Å². The van der Waals surface area contributed by atoms with Crippen molar-refractivity contribution in [3.63, 3.8) is 0 Å². The molecule has 0 atom stereocenters. The molecule has 4 rings (SSSR count). The lowest BCUT2D eigenvalue weighted by Gasteiger charge is -2.15. The van der Waals surface area contributed by atoms with Crippen molar-refractivity contribution in [1.29, 1.82) is 0 Å². The van der Waals surface area contributed by atoms with Gasteiger partial charge in [0.15, 0.2) is 0 Å². The number of halogens is 6. The maximum Gasteiger partial charge on any atom is 0.416 e. The van der Waals surface area contributed by atoms with Crippen molar-refractivity contribution in [2.75, 3.05) is 13.1 Å². The van der Waals surface area contributed by atoms with Crippen LogP contribution >= 0.6 is 0 Å². The summed E-state index contributed by atoms with van der Waals surface area (Å²) < 4.78 is 78.7. The van der Waals surface area contributed by atoms with Gasteiger partial charge in [0, 0.05) is 12.1 Å². The first-order valence-corrected chi connectivity index (χ1v) is 8.74. The van der Waals surface area contributed by atoms with E-state index in [9.17, 15) is 26.3 Å². The Morgan fingerprint density at radius 3 is 1.72 bits per heavy atom. The monoisotopic (exact) mass is 408 g/mol. The van der Waals surface area contributed by atoms with E-state index in [0.717, 1.165) is 35.5 Å². The molecule has 1 heterocycles. The molecule has 0 bridgehead atoms. The second-order valence-electron chi connectivity index (χ2n) is 6.73. The first-order valence-electron chi connectivity index (χ1n) is 8.74. The van der Waals surface area contributed by atoms with Gasteiger partial charge in [0.2, 0.25) is 0 Å². The topological polar surface area (TPSA) is 24.4 Å². The summed E-state index contributed by atoms with van der Waals surface area (Å²) in [7, 11) is 0. The number of benzene rings is 3. The van der Waals surface area contributed by atoms with Crippen LogP contribution in [0.1, 0.15) is 16.7 Å². The Balaban J connectivity index is 1.80. The molecule has 1 N–H and O–H groups in total. The number of amidine groups is 1. The van der Waals surface area contributed by atoms with Crippen LogP contribution in [0.5, 0.6) is 0 Å². The van der Waals surface area contributed by atoms with Crippen LogP contribution in [0.4, 0.5) is 26.3 Å². The number of fused-ring (bicyclic) bond motifs is 1. The van der Waals surface area contributed by atoms with E-state index in [-0.39, 0.29) is 17.2 Å². The van der Waals surface area contributed by atoms with E-state index in [2.05, 4.69) is 10.3 Å². The van der Waals surface area contributed by atoms with Crippen molar-refractivity contribution in [1.82, 2.24) is 5.32 Å². The average molecular weight is 408 g/mol. The van der Waals surface area contributed by atoms with E-state index in [4.69, 9.17) is 0 Å². The van der Waals surface area contributed by atoms with Gasteiger partial charge in [-0.15, -0.1) is 0 Å². The quantitative estimate of drug-likeness (QED) is 0.525. The minimum absolute atomic E-state index is 0.131. The van der Waals surface area contributed by atoms with Crippen molar-refractivity contribution in [2.45, 2.75) is 12.4 Å². The summed E-state index contributed by atoms with van der Waals surface area (Å²) in [5.41, 5.74) is -1.65. The van der Waals surface area contributed by atoms with Crippen molar-refractivity contribution in [3.05, 3.63) is 71.3 Å². The molecule has 0 aromatic heterocycles. The predicted molar refractivity (Wildman–Crippen MR) is 98.8 cm³/mol. The van der Waals surface area contributed by atoms with Crippen molar-refractivity contribution in [2.24, 2.45) is 4.99 Å². The highest BCUT2D eigenvalue weighted by Gasteiger charge is 2.37. The maximum absolute atomic E-state index is 13.1. The van der Waals surface area contributed by atoms with Crippen LogP contribution in [0.3, 0.4) is 0 Å². The van der Waals surface area contributed by atoms with Gasteiger partial charge in [-0.05, 0) is 52.2 Å². The minimum Gasteiger partial charge on any atom is -0.368 e. The predicted octanol–water partition coefficient (Wildman–Crippen LogP) is 5.89. The zero-order valence-electron chi connectivity index (χ0n) is 14.8. The Hall–Kier alpha value is -3.03. The fourth-order valence-corrected chi connectivity index (χ4v) is 3.29. The van der Waals surface area contributed by atoms with Crippen molar-refractivity contribution in [3.8, 4) is 11.1 Å². The van der Waals surface area contributed by atoms with E-state index < -0.39 is 23.5 Å². The summed E-state index contributed by atoms with van der Waals surface area (Å²) in [6.07, 6.45) is -9.76. The number of hydrogen-bond acceptors (Lipinski definition) is 2. The molecule has 0 spiro atoms. The molecule has 0 aliphatic carbocycles. The Bertz CT molecular complexity index is 1080. The van der Waals surface area contributed by atoms with Crippen LogP contribution in [0, 0.1) is 0 Å². The van der Waals surface area contributed by atoms with Gasteiger partial charge in [-0.1, -0.05) is 24.3 Å². The third-order valence-corrected chi connectivity index (χ3v) is 4.71. The van der Waals surface area contributed by atoms with E-state index >= 15 is 0 Å². The van der Waals surface area contributed by atoms with Gasteiger partial charge >= 0.3 is 12.4 Å². The molecule has 0 fully saturated rings. The minimum atomic E-state index is -4.88. The molecule has 150 valence electrons. The zero-order valence-corrected chi connectivity index (χ0v) is 14.8. The van der Waals surface area contributed by atoms with Crippen LogP contribution in [0.2, 0.25) is 0 Å². The lowest BCUT2D eigenvalue weighted by atomic mass is 9.96. The standard InChI is InChI=1S/C21H14F6N2/c22-20(23,24)17-9-16(10-18(11-17)21(25,26)27)14-2-1-13-8-15(4-3-12(13)7-14)19-28-5-6-29-19/h1-4,7-11H,5-6H2,(H,28,29). The lowest BCUT2D eigenvalue weighted by Crippen LogP contribution is -2.19. The molecule has 0 amide bonds. The smallest absolute Gasteiger partial charge is 0.368 e. The molecule has 0 saturated carbocycles. The molecule has 1 aliphatic rings. The number of hydrogen-bond donors (Lipinski definition) is 1. The molecule has 29 heavy (non-hydrogen) atoms. The van der Waals surface area contributed by atoms with Gasteiger partial charge in [-0.2, -0.15) is 26.3 Å². The average Bonchev–Trinajstić information content (AvgIpc) is 3.20. The molecule has 2 nitrogen and oxygen atoms in total. The molecular weight excluding hydrogens is 394 g/mol. The molecule has 3 aromatic carbocycles. The van der Waals surface area contributed by atoms with Crippen LogP contribution in [-0.2, 0) is 12.4 Å². The van der Waals surface area contributed by atoms with Gasteiger partial charge in [-0.3, -0.25) is 4.99 Å². The van der Waals surface area contributed by atoms with Crippen LogP contribution in [-0.4, -0.2) is 18.9 Å². The van der Waals surface area contributed by atoms with E-state index in [1.807, 2.05) is 12.1 Å². The molecule has 0 saturated heterocycles. The molecular formula is C21H14F6N2. The van der Waals surface area contributed by atoms with E-state index in [0.29, 0.717) is 11.9 Å². The fourth-order valence-electron chi connectivity index (χ4n) is 3.29. The van der Waals surface area contributed by atoms with Gasteiger partial charge in [0.1, 0.15) is 5.84 Å². The zero-order chi connectivity index (χ0) is 20.8. The number of aliphatic imine (C=N–C) groups is 1. The highest BCUT2D eigenvalue weighted by molar-refractivity contribution is 6.03. The van der Waals surface area contributed by atoms with Gasteiger partial charge in [0.25, 0.3) is 0 Å². The highest BCUT2D eigenvalue weighted by atomic mass is 19.4. The molecule has 3 aromatic rings. The molecule has 0 unspecified atom stereocenters. The van der Waals surface area contributed by atoms with Crippen LogP contribution < -0.4 is 5.32 Å². The maximum atomic E-state index is 13.1. The summed E-state index contributed by atoms with van der Waals surface area (Å²) in [6.45, 7) is 1.44. The lowest BCUT2D eigenvalue weighted by molar-refractivity contribution is -0.143. The number of rotatable bonds is 2. The van der Waals surface area contributed by atoms with Gasteiger partial charge in [0.05, 0.1) is 17.7 Å². The fraction of sp³-hybridized carbons (Fsp3) is 0.190. The SMILES string of the molecule is FC(F)(F)c1cc(-c2ccc3cc(C4=NCCN4)ccc3c2)cc(C(F)(F)F)c1. The second kappa shape index (κ2) is 6.79. The number of alkyl halides is 6. The van der Waals surface area contributed by atoms with Crippen LogP contribution in [0.15, 0.2) is 59.6 Å². The third-order valence-electron chi connectivity index (χ3n) is 4.71. The Morgan fingerprint density at radius 1 is 0.655 bits per heavy atom. The number of nitrogens with zero attached hydrogens (tertiary/aromatic N) is 1. The summed E-state index contributed by atoms with van der Waals surface area (Å²) in [5, 5.41) is 4.67. The number of nitrogens with one attached hydrogen (secondary N) is 1. The normalized spacial score (nSPS) is 14.8. The summed E-state index contributed by atoms with van der Waals surface area (Å²) >= 11 is 0. The van der Waals surface area contributed by atoms with Gasteiger partial charge < -0.3 is 5.32 Å². The van der Waals surface area contributed by atoms with Crippen molar-refractivity contribution >= 4 is 16.6 Å². The molecule has 1 aliphatic heterocycles. The summed E-state index contributed by atoms with van der Waals surface area (Å²) in [5.74, 6) is 0.767. The molecule has 0 radical (unpaired) electrons. The van der Waals surface area contributed by atoms with Crippen LogP contribution in [0.25, 0.3) is 21.9 Å². The Morgan fingerprint density at radius 2 is 1.21 bits per heavy atom. The first-order chi connectivity index (χ1) is 13.6. The first kappa shape index (κ1) is 19.3. The Labute approximate surface area is 161 Å². The summed E-state index contributed by atoms with van der Waals surface area (Å²) in [4.78, 5) is 4.34. The highest BCUT2D eigenvalue weighted by Crippen LogP contribution is 2.39. The summed E-state index contributed by atoms with van der Waals surface area (Å²) in [6, 6.07) is 11.9. The molecule has 8 heteroatoms. The van der Waals surface area contributed by atoms with E-state index in [1.165, 1.54) is 6.07 Å². The second-order valence-corrected chi connectivity index (χ2v) is 6.73. The van der Waals surface area contributed by atoms with Gasteiger partial charge in [-0.25, -0.2) is 0 Å². The van der Waals surface area contributed by atoms with E-state index in [1.54, 1.807) is 18.2 Å².